The fourth-order valence-electron chi connectivity index (χ4n) is 0.588. The molecule has 0 saturated carbocycles. The van der Waals surface area contributed by atoms with Gasteiger partial charge in [0.25, 0.3) is 0 Å². The zero-order valence-electron chi connectivity index (χ0n) is 7.98. The molecule has 0 bridgehead atoms. The van der Waals surface area contributed by atoms with E-state index in [0.29, 0.717) is 12.1 Å². The Kier molecular flexibility index (Phi) is 6.51. The summed E-state index contributed by atoms with van der Waals surface area (Å²) in [6.45, 7) is 5.76. The van der Waals surface area contributed by atoms with Crippen molar-refractivity contribution in [1.29, 1.82) is 0 Å². The quantitative estimate of drug-likeness (QED) is 0.583. The molecular weight excluding hydrogens is 140 g/mol. The molecule has 0 saturated heterocycles. The van der Waals surface area contributed by atoms with E-state index in [2.05, 4.69) is 24.5 Å². The smallest absolute Gasteiger partial charge is 0.0617 e. The van der Waals surface area contributed by atoms with Gasteiger partial charge in [-0.1, -0.05) is 0 Å². The minimum Gasteiger partial charge on any atom is -0.378 e. The van der Waals surface area contributed by atoms with Gasteiger partial charge in [0.05, 0.1) is 13.2 Å². The van der Waals surface area contributed by atoms with Gasteiger partial charge in [-0.05, 0) is 27.9 Å². The second-order valence-corrected chi connectivity index (χ2v) is 2.92. The van der Waals surface area contributed by atoms with Gasteiger partial charge in [-0.15, -0.1) is 0 Å². The van der Waals surface area contributed by atoms with Gasteiger partial charge in [0.1, 0.15) is 0 Å². The van der Waals surface area contributed by atoms with Crippen LogP contribution in [0, 0.1) is 0 Å². The lowest BCUT2D eigenvalue weighted by atomic mass is 10.3. The summed E-state index contributed by atoms with van der Waals surface area (Å²) in [6.07, 6.45) is 0. The van der Waals surface area contributed by atoms with E-state index < -0.39 is 0 Å². The molecule has 0 aromatic rings. The van der Waals surface area contributed by atoms with E-state index in [4.69, 9.17) is 4.74 Å². The number of hydrogen-bond donors (Lipinski definition) is 2. The van der Waals surface area contributed by atoms with Crippen molar-refractivity contribution in [3.05, 3.63) is 0 Å². The van der Waals surface area contributed by atoms with Crippen molar-refractivity contribution in [2.45, 2.75) is 25.9 Å². The Bertz CT molecular complexity index is 78.2. The van der Waals surface area contributed by atoms with Crippen LogP contribution in [0.25, 0.3) is 0 Å². The second-order valence-electron chi connectivity index (χ2n) is 2.92. The van der Waals surface area contributed by atoms with Crippen molar-refractivity contribution >= 4 is 0 Å². The molecule has 2 unspecified atom stereocenters. The summed E-state index contributed by atoms with van der Waals surface area (Å²) in [5.74, 6) is 0. The lowest BCUT2D eigenvalue weighted by molar-refractivity contribution is 0.103. The summed E-state index contributed by atoms with van der Waals surface area (Å²) in [6, 6.07) is 0.887. The second kappa shape index (κ2) is 6.58. The molecule has 2 atom stereocenters. The van der Waals surface area contributed by atoms with Gasteiger partial charge in [-0.2, -0.15) is 0 Å². The topological polar surface area (TPSA) is 33.3 Å². The van der Waals surface area contributed by atoms with E-state index >= 15 is 0 Å². The van der Waals surface area contributed by atoms with Gasteiger partial charge in [0, 0.05) is 12.1 Å². The predicted molar refractivity (Wildman–Crippen MR) is 47.9 cm³/mol. The van der Waals surface area contributed by atoms with Gasteiger partial charge in [0.15, 0.2) is 0 Å². The first-order valence-corrected chi connectivity index (χ1v) is 4.13. The fourth-order valence-corrected chi connectivity index (χ4v) is 0.588. The minimum absolute atomic E-state index is 0.444. The number of nitrogens with one attached hydrogen (secondary N) is 2. The molecule has 2 N–H and O–H groups in total. The largest absolute Gasteiger partial charge is 0.378 e. The molecular formula is C8H20N2O. The Morgan fingerprint density at radius 1 is 1.00 bits per heavy atom. The Morgan fingerprint density at radius 3 is 1.64 bits per heavy atom. The standard InChI is InChI=1S/C8H20N2O/c1-7(9-3)5-11-6-8(2)10-4/h7-10H,5-6H2,1-4H3. The molecule has 0 aromatic heterocycles. The first-order valence-electron chi connectivity index (χ1n) is 4.13. The van der Waals surface area contributed by atoms with Crippen LogP contribution in [0.2, 0.25) is 0 Å². The highest BCUT2D eigenvalue weighted by molar-refractivity contribution is 4.57. The Labute approximate surface area is 69.5 Å². The van der Waals surface area contributed by atoms with Crippen LogP contribution >= 0.6 is 0 Å². The van der Waals surface area contributed by atoms with Crippen LogP contribution < -0.4 is 10.6 Å². The third-order valence-electron chi connectivity index (χ3n) is 1.72. The molecule has 0 aliphatic carbocycles. The van der Waals surface area contributed by atoms with E-state index in [1.54, 1.807) is 0 Å². The zero-order valence-corrected chi connectivity index (χ0v) is 7.98. The summed E-state index contributed by atoms with van der Waals surface area (Å²) < 4.78 is 5.41. The maximum atomic E-state index is 5.41. The van der Waals surface area contributed by atoms with Crippen LogP contribution in [0.4, 0.5) is 0 Å². The van der Waals surface area contributed by atoms with E-state index in [1.807, 2.05) is 14.1 Å². The Hall–Kier alpha value is -0.120. The predicted octanol–water partition coefficient (Wildman–Crippen LogP) is 0.219. The Balaban J connectivity index is 3.13. The molecule has 0 aromatic carbocycles. The van der Waals surface area contributed by atoms with Crippen LogP contribution in [-0.4, -0.2) is 39.4 Å². The van der Waals surface area contributed by atoms with E-state index in [9.17, 15) is 0 Å². The summed E-state index contributed by atoms with van der Waals surface area (Å²) in [4.78, 5) is 0. The molecule has 0 rings (SSSR count). The third kappa shape index (κ3) is 6.28. The fraction of sp³-hybridized carbons (Fsp3) is 1.00. The van der Waals surface area contributed by atoms with Crippen LogP contribution in [0.15, 0.2) is 0 Å². The van der Waals surface area contributed by atoms with Gasteiger partial charge >= 0.3 is 0 Å². The maximum Gasteiger partial charge on any atom is 0.0617 e. The van der Waals surface area contributed by atoms with Gasteiger partial charge in [-0.25, -0.2) is 0 Å². The molecule has 3 nitrogen and oxygen atoms in total. The molecule has 68 valence electrons. The normalized spacial score (nSPS) is 16.4. The monoisotopic (exact) mass is 160 g/mol. The third-order valence-corrected chi connectivity index (χ3v) is 1.72. The number of hydrogen-bond acceptors (Lipinski definition) is 3. The van der Waals surface area contributed by atoms with Crippen molar-refractivity contribution in [3.8, 4) is 0 Å². The average Bonchev–Trinajstić information content (AvgIpc) is 2.04. The molecule has 0 amide bonds. The minimum atomic E-state index is 0.444. The van der Waals surface area contributed by atoms with Crippen molar-refractivity contribution in [2.24, 2.45) is 0 Å². The molecule has 0 aliphatic rings. The van der Waals surface area contributed by atoms with Gasteiger partial charge in [-0.3, -0.25) is 0 Å². The van der Waals surface area contributed by atoms with Crippen molar-refractivity contribution in [1.82, 2.24) is 10.6 Å². The molecule has 3 heteroatoms. The summed E-state index contributed by atoms with van der Waals surface area (Å²) in [5.41, 5.74) is 0. The van der Waals surface area contributed by atoms with Crippen molar-refractivity contribution < 1.29 is 4.74 Å². The van der Waals surface area contributed by atoms with Gasteiger partial charge < -0.3 is 15.4 Å². The SMILES string of the molecule is CNC(C)COCC(C)NC. The number of ether oxygens (including phenoxy) is 1. The van der Waals surface area contributed by atoms with Crippen LogP contribution in [0.5, 0.6) is 0 Å². The van der Waals surface area contributed by atoms with E-state index in [-0.39, 0.29) is 0 Å². The lowest BCUT2D eigenvalue weighted by Crippen LogP contribution is -2.31. The number of likely N-dealkylation sites (N-methyl/N-ethyl adjacent to an activating group) is 2. The molecule has 0 fully saturated rings. The molecule has 0 spiro atoms. The molecule has 0 aliphatic heterocycles. The highest BCUT2D eigenvalue weighted by Gasteiger charge is 2.00. The average molecular weight is 160 g/mol. The van der Waals surface area contributed by atoms with Gasteiger partial charge in [0.2, 0.25) is 0 Å². The highest BCUT2D eigenvalue weighted by Crippen LogP contribution is 1.86. The zero-order chi connectivity index (χ0) is 8.69. The molecule has 0 heterocycles. The first kappa shape index (κ1) is 10.9. The Morgan fingerprint density at radius 2 is 1.36 bits per heavy atom. The summed E-state index contributed by atoms with van der Waals surface area (Å²) in [5, 5.41) is 6.22. The highest BCUT2D eigenvalue weighted by atomic mass is 16.5. The van der Waals surface area contributed by atoms with Crippen LogP contribution in [0.3, 0.4) is 0 Å². The number of rotatable bonds is 6. The van der Waals surface area contributed by atoms with E-state index in [1.165, 1.54) is 0 Å². The summed E-state index contributed by atoms with van der Waals surface area (Å²) >= 11 is 0. The van der Waals surface area contributed by atoms with Crippen molar-refractivity contribution in [3.63, 3.8) is 0 Å². The van der Waals surface area contributed by atoms with Crippen molar-refractivity contribution in [2.75, 3.05) is 27.3 Å². The first-order chi connectivity index (χ1) is 5.20. The van der Waals surface area contributed by atoms with Crippen LogP contribution in [-0.2, 0) is 4.74 Å². The molecule has 0 radical (unpaired) electrons. The molecule has 11 heavy (non-hydrogen) atoms. The summed E-state index contributed by atoms with van der Waals surface area (Å²) in [7, 11) is 3.88. The maximum absolute atomic E-state index is 5.41. The van der Waals surface area contributed by atoms with Crippen LogP contribution in [0.1, 0.15) is 13.8 Å². The van der Waals surface area contributed by atoms with E-state index in [0.717, 1.165) is 13.2 Å². The lowest BCUT2D eigenvalue weighted by Gasteiger charge is -2.14.